The van der Waals surface area contributed by atoms with Crippen LogP contribution in [0.4, 0.5) is 0 Å². The predicted octanol–water partition coefficient (Wildman–Crippen LogP) is 2.60. The molecule has 0 saturated heterocycles. The highest BCUT2D eigenvalue weighted by atomic mass is 35.5. The summed E-state index contributed by atoms with van der Waals surface area (Å²) in [5.74, 6) is 0. The van der Waals surface area contributed by atoms with Crippen LogP contribution in [0.15, 0.2) is 18.2 Å². The Hall–Kier alpha value is -0.280. The van der Waals surface area contributed by atoms with Crippen molar-refractivity contribution in [1.82, 2.24) is 5.32 Å². The molecule has 78 valence electrons. The molecule has 1 rings (SSSR count). The van der Waals surface area contributed by atoms with Crippen molar-refractivity contribution in [2.45, 2.75) is 13.0 Å². The highest BCUT2D eigenvalue weighted by molar-refractivity contribution is 6.34. The third-order valence-corrected chi connectivity index (χ3v) is 2.41. The van der Waals surface area contributed by atoms with Crippen LogP contribution >= 0.6 is 23.2 Å². The second-order valence-electron chi connectivity index (χ2n) is 3.05. The van der Waals surface area contributed by atoms with Gasteiger partial charge in [0.2, 0.25) is 0 Å². The van der Waals surface area contributed by atoms with E-state index in [0.29, 0.717) is 16.6 Å². The van der Waals surface area contributed by atoms with Crippen molar-refractivity contribution in [3.63, 3.8) is 0 Å². The normalized spacial score (nSPS) is 12.9. The highest BCUT2D eigenvalue weighted by Crippen LogP contribution is 2.22. The Morgan fingerprint density at radius 3 is 2.29 bits per heavy atom. The summed E-state index contributed by atoms with van der Waals surface area (Å²) in [6.45, 7) is 3.44. The standard InChI is InChI=1S/C10H14Cl2N2/c1-2-14-10(6-13)7-3-8(11)5-9(12)4-7/h3-5,10,14H,2,6,13H2,1H3. The Labute approximate surface area is 94.4 Å². The van der Waals surface area contributed by atoms with Crippen LogP contribution in [0.2, 0.25) is 10.0 Å². The van der Waals surface area contributed by atoms with E-state index in [2.05, 4.69) is 5.32 Å². The topological polar surface area (TPSA) is 38.0 Å². The van der Waals surface area contributed by atoms with Gasteiger partial charge in [0, 0.05) is 22.6 Å². The highest BCUT2D eigenvalue weighted by Gasteiger charge is 2.09. The number of hydrogen-bond acceptors (Lipinski definition) is 2. The largest absolute Gasteiger partial charge is 0.329 e. The predicted molar refractivity (Wildman–Crippen MR) is 61.9 cm³/mol. The maximum Gasteiger partial charge on any atom is 0.0445 e. The fourth-order valence-corrected chi connectivity index (χ4v) is 1.90. The zero-order valence-corrected chi connectivity index (χ0v) is 9.57. The van der Waals surface area contributed by atoms with E-state index in [1.165, 1.54) is 0 Å². The molecule has 0 aliphatic heterocycles. The summed E-state index contributed by atoms with van der Waals surface area (Å²) in [6.07, 6.45) is 0. The Bertz CT molecular complexity index is 282. The SMILES string of the molecule is CCNC(CN)c1cc(Cl)cc(Cl)c1. The van der Waals surface area contributed by atoms with Crippen LogP contribution in [-0.2, 0) is 0 Å². The summed E-state index contributed by atoms with van der Waals surface area (Å²) < 4.78 is 0. The van der Waals surface area contributed by atoms with Crippen LogP contribution in [0.5, 0.6) is 0 Å². The average molecular weight is 233 g/mol. The minimum Gasteiger partial charge on any atom is -0.329 e. The lowest BCUT2D eigenvalue weighted by Crippen LogP contribution is -2.27. The van der Waals surface area contributed by atoms with E-state index in [0.717, 1.165) is 12.1 Å². The maximum absolute atomic E-state index is 5.90. The van der Waals surface area contributed by atoms with Crippen molar-refractivity contribution in [2.75, 3.05) is 13.1 Å². The molecule has 1 unspecified atom stereocenters. The molecule has 0 bridgehead atoms. The molecule has 3 N–H and O–H groups in total. The van der Waals surface area contributed by atoms with E-state index < -0.39 is 0 Å². The van der Waals surface area contributed by atoms with Crippen molar-refractivity contribution < 1.29 is 0 Å². The summed E-state index contributed by atoms with van der Waals surface area (Å²) in [7, 11) is 0. The van der Waals surface area contributed by atoms with Crippen LogP contribution in [0.3, 0.4) is 0 Å². The molecule has 0 aromatic heterocycles. The minimum atomic E-state index is 0.121. The molecule has 4 heteroatoms. The van der Waals surface area contributed by atoms with E-state index in [-0.39, 0.29) is 6.04 Å². The molecular weight excluding hydrogens is 219 g/mol. The van der Waals surface area contributed by atoms with E-state index in [9.17, 15) is 0 Å². The molecular formula is C10H14Cl2N2. The van der Waals surface area contributed by atoms with Crippen LogP contribution < -0.4 is 11.1 Å². The van der Waals surface area contributed by atoms with Gasteiger partial charge in [0.05, 0.1) is 0 Å². The Morgan fingerprint density at radius 1 is 1.29 bits per heavy atom. The molecule has 0 saturated carbocycles. The molecule has 14 heavy (non-hydrogen) atoms. The first-order valence-corrected chi connectivity index (χ1v) is 5.32. The molecule has 1 aromatic carbocycles. The summed E-state index contributed by atoms with van der Waals surface area (Å²) in [4.78, 5) is 0. The lowest BCUT2D eigenvalue weighted by Gasteiger charge is -2.16. The summed E-state index contributed by atoms with van der Waals surface area (Å²) in [5.41, 5.74) is 6.68. The average Bonchev–Trinajstić information content (AvgIpc) is 2.12. The van der Waals surface area contributed by atoms with Gasteiger partial charge in [-0.3, -0.25) is 0 Å². The Balaban J connectivity index is 2.91. The van der Waals surface area contributed by atoms with Gasteiger partial charge in [0.15, 0.2) is 0 Å². The van der Waals surface area contributed by atoms with Crippen molar-refractivity contribution in [1.29, 1.82) is 0 Å². The lowest BCUT2D eigenvalue weighted by atomic mass is 10.1. The lowest BCUT2D eigenvalue weighted by molar-refractivity contribution is 0.562. The van der Waals surface area contributed by atoms with Crippen molar-refractivity contribution in [3.8, 4) is 0 Å². The fraction of sp³-hybridized carbons (Fsp3) is 0.400. The summed E-state index contributed by atoms with van der Waals surface area (Å²) in [5, 5.41) is 4.55. The first-order chi connectivity index (χ1) is 6.67. The number of nitrogens with two attached hydrogens (primary N) is 1. The van der Waals surface area contributed by atoms with Crippen molar-refractivity contribution in [2.24, 2.45) is 5.73 Å². The molecule has 2 nitrogen and oxygen atoms in total. The monoisotopic (exact) mass is 232 g/mol. The van der Waals surface area contributed by atoms with E-state index in [4.69, 9.17) is 28.9 Å². The number of nitrogens with one attached hydrogen (secondary N) is 1. The number of rotatable bonds is 4. The molecule has 0 aliphatic carbocycles. The van der Waals surface area contributed by atoms with Gasteiger partial charge in [-0.15, -0.1) is 0 Å². The third kappa shape index (κ3) is 3.14. The van der Waals surface area contributed by atoms with Gasteiger partial charge < -0.3 is 11.1 Å². The molecule has 0 radical (unpaired) electrons. The van der Waals surface area contributed by atoms with Gasteiger partial charge in [-0.25, -0.2) is 0 Å². The molecule has 0 amide bonds. The second kappa shape index (κ2) is 5.56. The van der Waals surface area contributed by atoms with Gasteiger partial charge >= 0.3 is 0 Å². The van der Waals surface area contributed by atoms with Crippen LogP contribution in [-0.4, -0.2) is 13.1 Å². The molecule has 0 aliphatic rings. The van der Waals surface area contributed by atoms with Crippen LogP contribution in [0, 0.1) is 0 Å². The van der Waals surface area contributed by atoms with E-state index in [1.807, 2.05) is 19.1 Å². The minimum absolute atomic E-state index is 0.121. The zero-order valence-electron chi connectivity index (χ0n) is 8.06. The van der Waals surface area contributed by atoms with Gasteiger partial charge in [-0.05, 0) is 30.3 Å². The molecule has 0 heterocycles. The molecule has 1 aromatic rings. The summed E-state index contributed by atoms with van der Waals surface area (Å²) >= 11 is 11.8. The molecule has 0 spiro atoms. The number of halogens is 2. The first kappa shape index (κ1) is 11.8. The van der Waals surface area contributed by atoms with E-state index >= 15 is 0 Å². The zero-order chi connectivity index (χ0) is 10.6. The second-order valence-corrected chi connectivity index (χ2v) is 3.92. The van der Waals surface area contributed by atoms with Gasteiger partial charge in [0.1, 0.15) is 0 Å². The van der Waals surface area contributed by atoms with Gasteiger partial charge in [-0.1, -0.05) is 30.1 Å². The van der Waals surface area contributed by atoms with Crippen LogP contribution in [0.25, 0.3) is 0 Å². The molecule has 0 fully saturated rings. The van der Waals surface area contributed by atoms with Gasteiger partial charge in [0.25, 0.3) is 0 Å². The number of likely N-dealkylation sites (N-methyl/N-ethyl adjacent to an activating group) is 1. The molecule has 1 atom stereocenters. The summed E-state index contributed by atoms with van der Waals surface area (Å²) in [6, 6.07) is 5.60. The maximum atomic E-state index is 5.90. The quantitative estimate of drug-likeness (QED) is 0.838. The van der Waals surface area contributed by atoms with Crippen molar-refractivity contribution in [3.05, 3.63) is 33.8 Å². The number of hydrogen-bond donors (Lipinski definition) is 2. The fourth-order valence-electron chi connectivity index (χ4n) is 1.36. The van der Waals surface area contributed by atoms with Crippen LogP contribution in [0.1, 0.15) is 18.5 Å². The number of benzene rings is 1. The smallest absolute Gasteiger partial charge is 0.0445 e. The first-order valence-electron chi connectivity index (χ1n) is 4.56. The van der Waals surface area contributed by atoms with E-state index in [1.54, 1.807) is 6.07 Å². The Kier molecular flexibility index (Phi) is 4.69. The third-order valence-electron chi connectivity index (χ3n) is 1.97. The van der Waals surface area contributed by atoms with Gasteiger partial charge in [-0.2, -0.15) is 0 Å². The Morgan fingerprint density at radius 2 is 1.86 bits per heavy atom. The van der Waals surface area contributed by atoms with Crippen molar-refractivity contribution >= 4 is 23.2 Å².